The minimum Gasteiger partial charge on any atom is -0.508 e. The van der Waals surface area contributed by atoms with Crippen molar-refractivity contribution in [2.75, 3.05) is 6.54 Å². The third-order valence-corrected chi connectivity index (χ3v) is 4.41. The van der Waals surface area contributed by atoms with Gasteiger partial charge in [0.25, 0.3) is 5.91 Å². The Labute approximate surface area is 164 Å². The van der Waals surface area contributed by atoms with Crippen LogP contribution in [-0.2, 0) is 15.2 Å². The van der Waals surface area contributed by atoms with Crippen LogP contribution in [0.1, 0.15) is 31.9 Å². The molecule has 0 aliphatic carbocycles. The summed E-state index contributed by atoms with van der Waals surface area (Å²) < 4.78 is 5.38. The highest BCUT2D eigenvalue weighted by atomic mass is 16.5. The van der Waals surface area contributed by atoms with Crippen molar-refractivity contribution in [2.24, 2.45) is 11.7 Å². The maximum Gasteiger partial charge on any atom is 0.328 e. The molecule has 0 fully saturated rings. The lowest BCUT2D eigenvalue weighted by Gasteiger charge is -2.29. The van der Waals surface area contributed by atoms with E-state index in [0.29, 0.717) is 6.54 Å². The predicted molar refractivity (Wildman–Crippen MR) is 105 cm³/mol. The van der Waals surface area contributed by atoms with Crippen molar-refractivity contribution >= 4 is 11.9 Å². The second kappa shape index (κ2) is 8.86. The van der Waals surface area contributed by atoms with Crippen LogP contribution in [0.3, 0.4) is 0 Å². The zero-order chi connectivity index (χ0) is 20.9. The average Bonchev–Trinajstić information content (AvgIpc) is 2.67. The summed E-state index contributed by atoms with van der Waals surface area (Å²) in [5, 5.41) is 23.9. The van der Waals surface area contributed by atoms with Gasteiger partial charge in [0.1, 0.15) is 17.5 Å². The van der Waals surface area contributed by atoms with Crippen LogP contribution in [-0.4, -0.2) is 34.7 Å². The van der Waals surface area contributed by atoms with E-state index in [1.54, 1.807) is 51.1 Å². The molecule has 2 aromatic carbocycles. The molecule has 0 spiro atoms. The second-order valence-corrected chi connectivity index (χ2v) is 6.81. The number of aliphatic hydroxyl groups is 1. The largest absolute Gasteiger partial charge is 0.508 e. The van der Waals surface area contributed by atoms with Crippen LogP contribution in [0.2, 0.25) is 0 Å². The lowest BCUT2D eigenvalue weighted by Crippen LogP contribution is -2.46. The summed E-state index contributed by atoms with van der Waals surface area (Å²) in [7, 11) is 0. The molecule has 0 bridgehead atoms. The number of aromatic hydroxyl groups is 1. The van der Waals surface area contributed by atoms with Crippen LogP contribution in [0.5, 0.6) is 11.5 Å². The third-order valence-electron chi connectivity index (χ3n) is 4.41. The average molecular weight is 386 g/mol. The van der Waals surface area contributed by atoms with Gasteiger partial charge in [0.2, 0.25) is 0 Å². The van der Waals surface area contributed by atoms with Gasteiger partial charge >= 0.3 is 5.97 Å². The maximum atomic E-state index is 12.8. The van der Waals surface area contributed by atoms with E-state index in [-0.39, 0.29) is 28.5 Å². The van der Waals surface area contributed by atoms with Gasteiger partial charge in [-0.15, -0.1) is 0 Å². The Hall–Kier alpha value is -2.90. The molecule has 7 nitrogen and oxygen atoms in total. The fraction of sp³-hybridized carbons (Fsp3) is 0.333. The van der Waals surface area contributed by atoms with Gasteiger partial charge in [-0.3, -0.25) is 4.79 Å². The number of amides is 1. The Morgan fingerprint density at radius 2 is 1.82 bits per heavy atom. The molecule has 1 amide bonds. The number of carbonyl (C=O) groups is 2. The molecule has 0 saturated heterocycles. The van der Waals surface area contributed by atoms with Gasteiger partial charge in [-0.1, -0.05) is 44.2 Å². The number of nitrogens with two attached hydrogens (primary N) is 1. The first-order valence-corrected chi connectivity index (χ1v) is 9.08. The van der Waals surface area contributed by atoms with Crippen molar-refractivity contribution < 1.29 is 24.5 Å². The zero-order valence-corrected chi connectivity index (χ0v) is 16.2. The van der Waals surface area contributed by atoms with E-state index < -0.39 is 23.5 Å². The number of carbonyl (C=O) groups excluding carboxylic acids is 2. The highest BCUT2D eigenvalue weighted by molar-refractivity contribution is 5.91. The number of phenolic OH excluding ortho intramolecular Hbond substituents is 1. The number of benzene rings is 2. The molecule has 7 heteroatoms. The van der Waals surface area contributed by atoms with Crippen molar-refractivity contribution in [1.82, 2.24) is 5.32 Å². The lowest BCUT2D eigenvalue weighted by atomic mass is 9.84. The van der Waals surface area contributed by atoms with E-state index in [1.807, 2.05) is 0 Å². The molecule has 0 unspecified atom stereocenters. The summed E-state index contributed by atoms with van der Waals surface area (Å²) >= 11 is 0. The van der Waals surface area contributed by atoms with Crippen molar-refractivity contribution in [3.8, 4) is 11.5 Å². The van der Waals surface area contributed by atoms with Crippen molar-refractivity contribution in [3.05, 3.63) is 59.7 Å². The molecule has 0 aliphatic heterocycles. The molecule has 0 aliphatic rings. The highest BCUT2D eigenvalue weighted by Gasteiger charge is 2.42. The fourth-order valence-electron chi connectivity index (χ4n) is 2.72. The van der Waals surface area contributed by atoms with Gasteiger partial charge in [-0.25, -0.2) is 4.79 Å². The van der Waals surface area contributed by atoms with Gasteiger partial charge in [-0.05, 0) is 30.5 Å². The van der Waals surface area contributed by atoms with Crippen molar-refractivity contribution in [3.63, 3.8) is 0 Å². The smallest absolute Gasteiger partial charge is 0.328 e. The number of ether oxygens (including phenoxy) is 1. The van der Waals surface area contributed by atoms with Crippen molar-refractivity contribution in [2.45, 2.75) is 32.4 Å². The van der Waals surface area contributed by atoms with Crippen LogP contribution in [0.4, 0.5) is 0 Å². The van der Waals surface area contributed by atoms with Crippen molar-refractivity contribution in [1.29, 1.82) is 0 Å². The number of nitrogens with one attached hydrogen (secondary N) is 1. The molecular weight excluding hydrogens is 360 g/mol. The molecule has 2 rings (SSSR count). The molecule has 150 valence electrons. The summed E-state index contributed by atoms with van der Waals surface area (Å²) in [4.78, 5) is 25.2. The van der Waals surface area contributed by atoms with E-state index >= 15 is 0 Å². The third kappa shape index (κ3) is 4.32. The Kier molecular flexibility index (Phi) is 6.77. The zero-order valence-electron chi connectivity index (χ0n) is 16.2. The number of rotatable bonds is 7. The topological polar surface area (TPSA) is 122 Å². The summed E-state index contributed by atoms with van der Waals surface area (Å²) in [5.74, 6) is -1.91. The van der Waals surface area contributed by atoms with E-state index in [4.69, 9.17) is 10.5 Å². The summed E-state index contributed by atoms with van der Waals surface area (Å²) in [6.45, 7) is 5.55. The van der Waals surface area contributed by atoms with Gasteiger partial charge < -0.3 is 26.0 Å². The fourth-order valence-corrected chi connectivity index (χ4v) is 2.72. The first kappa shape index (κ1) is 21.4. The SMILES string of the molecule is CCNC(=O)[C@](O)(c1ccccc1)c1ccc(O)cc1OC(=O)[C@@H](N)C(C)C. The molecule has 28 heavy (non-hydrogen) atoms. The van der Waals surface area contributed by atoms with E-state index in [1.165, 1.54) is 18.2 Å². The van der Waals surface area contributed by atoms with Gasteiger partial charge in [0.05, 0.1) is 0 Å². The molecular formula is C21H26N2O5. The van der Waals surface area contributed by atoms with Crippen LogP contribution < -0.4 is 15.8 Å². The molecule has 0 radical (unpaired) electrons. The minimum atomic E-state index is -2.14. The number of likely N-dealkylation sites (N-methyl/N-ethyl adjacent to an activating group) is 1. The summed E-state index contributed by atoms with van der Waals surface area (Å²) in [6.07, 6.45) is 0. The number of hydrogen-bond acceptors (Lipinski definition) is 6. The van der Waals surface area contributed by atoms with Crippen LogP contribution in [0.25, 0.3) is 0 Å². The number of hydrogen-bond donors (Lipinski definition) is 4. The quantitative estimate of drug-likeness (QED) is 0.424. The van der Waals surface area contributed by atoms with Gasteiger partial charge in [0.15, 0.2) is 5.60 Å². The molecule has 2 atom stereocenters. The lowest BCUT2D eigenvalue weighted by molar-refractivity contribution is -0.139. The monoisotopic (exact) mass is 386 g/mol. The molecule has 0 aromatic heterocycles. The first-order chi connectivity index (χ1) is 13.2. The van der Waals surface area contributed by atoms with E-state index in [9.17, 15) is 19.8 Å². The second-order valence-electron chi connectivity index (χ2n) is 6.81. The Balaban J connectivity index is 2.61. The van der Waals surface area contributed by atoms with Gasteiger partial charge in [0, 0.05) is 18.2 Å². The minimum absolute atomic E-state index is 0.0201. The molecule has 5 N–H and O–H groups in total. The normalized spacial score (nSPS) is 14.2. The summed E-state index contributed by atoms with van der Waals surface area (Å²) in [6, 6.07) is 11.2. The Morgan fingerprint density at radius 3 is 2.39 bits per heavy atom. The highest BCUT2D eigenvalue weighted by Crippen LogP contribution is 2.38. The van der Waals surface area contributed by atoms with E-state index in [0.717, 1.165) is 0 Å². The predicted octanol–water partition coefficient (Wildman–Crippen LogP) is 1.65. The Bertz CT molecular complexity index is 838. The maximum absolute atomic E-state index is 12.8. The van der Waals surface area contributed by atoms with E-state index in [2.05, 4.69) is 5.32 Å². The Morgan fingerprint density at radius 1 is 1.18 bits per heavy atom. The first-order valence-electron chi connectivity index (χ1n) is 9.08. The standard InChI is InChI=1S/C21H26N2O5/c1-4-23-20(26)21(27,14-8-6-5-7-9-14)16-11-10-15(24)12-17(16)28-19(25)18(22)13(2)3/h5-13,18,24,27H,4,22H2,1-3H3,(H,23,26)/t18-,21-/m0/s1. The number of esters is 1. The number of phenols is 1. The van der Waals surface area contributed by atoms with Crippen LogP contribution in [0, 0.1) is 5.92 Å². The molecule has 2 aromatic rings. The van der Waals surface area contributed by atoms with Crippen LogP contribution in [0.15, 0.2) is 48.5 Å². The van der Waals surface area contributed by atoms with Gasteiger partial charge in [-0.2, -0.15) is 0 Å². The summed E-state index contributed by atoms with van der Waals surface area (Å²) in [5.41, 5.74) is 4.02. The van der Waals surface area contributed by atoms with Crippen LogP contribution >= 0.6 is 0 Å². The molecule has 0 saturated carbocycles. The molecule has 0 heterocycles.